The SMILES string of the molecule is CCOC(=O)C(CCc1ccccc1)NC(C)C(=O)N1c2ccccc2CC1C(=O)O. The summed E-state index contributed by atoms with van der Waals surface area (Å²) >= 11 is 0. The lowest BCUT2D eigenvalue weighted by atomic mass is 10.0. The molecule has 31 heavy (non-hydrogen) atoms. The summed E-state index contributed by atoms with van der Waals surface area (Å²) in [7, 11) is 0. The minimum absolute atomic E-state index is 0.241. The number of fused-ring (bicyclic) bond motifs is 1. The highest BCUT2D eigenvalue weighted by Crippen LogP contribution is 2.32. The number of nitrogens with zero attached hydrogens (tertiary/aromatic N) is 1. The highest BCUT2D eigenvalue weighted by molar-refractivity contribution is 6.04. The molecule has 1 heterocycles. The van der Waals surface area contributed by atoms with Crippen LogP contribution in [0.1, 0.15) is 31.4 Å². The summed E-state index contributed by atoms with van der Waals surface area (Å²) in [5.74, 6) is -1.86. The third-order valence-corrected chi connectivity index (χ3v) is 5.46. The Morgan fingerprint density at radius 3 is 2.48 bits per heavy atom. The molecule has 0 bridgehead atoms. The monoisotopic (exact) mass is 424 g/mol. The van der Waals surface area contributed by atoms with Gasteiger partial charge in [0.1, 0.15) is 12.1 Å². The molecule has 0 fully saturated rings. The Kier molecular flexibility index (Phi) is 7.41. The zero-order chi connectivity index (χ0) is 22.4. The van der Waals surface area contributed by atoms with Crippen molar-refractivity contribution in [3.05, 3.63) is 65.7 Å². The van der Waals surface area contributed by atoms with E-state index in [2.05, 4.69) is 5.32 Å². The van der Waals surface area contributed by atoms with Gasteiger partial charge in [0.15, 0.2) is 0 Å². The van der Waals surface area contributed by atoms with E-state index in [0.29, 0.717) is 18.5 Å². The van der Waals surface area contributed by atoms with E-state index in [1.54, 1.807) is 26.0 Å². The second-order valence-electron chi connectivity index (χ2n) is 7.61. The van der Waals surface area contributed by atoms with Gasteiger partial charge >= 0.3 is 11.9 Å². The van der Waals surface area contributed by atoms with Crippen molar-refractivity contribution in [3.8, 4) is 0 Å². The largest absolute Gasteiger partial charge is 0.480 e. The molecule has 0 aromatic heterocycles. The van der Waals surface area contributed by atoms with E-state index in [-0.39, 0.29) is 18.9 Å². The van der Waals surface area contributed by atoms with Gasteiger partial charge in [0.05, 0.1) is 12.6 Å². The van der Waals surface area contributed by atoms with Crippen LogP contribution < -0.4 is 10.2 Å². The van der Waals surface area contributed by atoms with Gasteiger partial charge in [-0.3, -0.25) is 19.8 Å². The van der Waals surface area contributed by atoms with E-state index in [4.69, 9.17) is 4.74 Å². The van der Waals surface area contributed by atoms with Gasteiger partial charge in [0.2, 0.25) is 5.91 Å². The molecule has 0 aliphatic carbocycles. The topological polar surface area (TPSA) is 95.9 Å². The molecule has 164 valence electrons. The molecular formula is C24H28N2O5. The fourth-order valence-electron chi connectivity index (χ4n) is 3.91. The molecule has 7 heteroatoms. The number of rotatable bonds is 9. The highest BCUT2D eigenvalue weighted by Gasteiger charge is 2.40. The summed E-state index contributed by atoms with van der Waals surface area (Å²) in [4.78, 5) is 38.9. The van der Waals surface area contributed by atoms with Gasteiger partial charge < -0.3 is 9.84 Å². The third-order valence-electron chi connectivity index (χ3n) is 5.46. The van der Waals surface area contributed by atoms with Crippen molar-refractivity contribution in [2.75, 3.05) is 11.5 Å². The van der Waals surface area contributed by atoms with Crippen molar-refractivity contribution in [1.29, 1.82) is 0 Å². The molecule has 1 aliphatic heterocycles. The molecule has 0 saturated heterocycles. The number of esters is 1. The van der Waals surface area contributed by atoms with Crippen LogP contribution in [0.15, 0.2) is 54.6 Å². The summed E-state index contributed by atoms with van der Waals surface area (Å²) in [6.45, 7) is 3.63. The molecule has 3 rings (SSSR count). The van der Waals surface area contributed by atoms with E-state index in [0.717, 1.165) is 11.1 Å². The number of hydrogen-bond donors (Lipinski definition) is 2. The summed E-state index contributed by atoms with van der Waals surface area (Å²) in [5.41, 5.74) is 2.50. The number of carboxylic acids is 1. The fraction of sp³-hybridized carbons (Fsp3) is 0.375. The molecule has 2 aromatic rings. The minimum Gasteiger partial charge on any atom is -0.480 e. The van der Waals surface area contributed by atoms with Crippen LogP contribution in [0, 0.1) is 0 Å². The summed E-state index contributed by atoms with van der Waals surface area (Å²) in [5, 5.41) is 12.7. The number of anilines is 1. The predicted octanol–water partition coefficient (Wildman–Crippen LogP) is 2.57. The average molecular weight is 424 g/mol. The first-order chi connectivity index (χ1) is 14.9. The van der Waals surface area contributed by atoms with Gasteiger partial charge in [0, 0.05) is 12.1 Å². The number of carbonyl (C=O) groups is 3. The number of amides is 1. The van der Waals surface area contributed by atoms with Crippen molar-refractivity contribution in [2.24, 2.45) is 0 Å². The second-order valence-corrected chi connectivity index (χ2v) is 7.61. The number of benzene rings is 2. The van der Waals surface area contributed by atoms with Gasteiger partial charge in [-0.25, -0.2) is 4.79 Å². The van der Waals surface area contributed by atoms with Crippen molar-refractivity contribution in [1.82, 2.24) is 5.32 Å². The van der Waals surface area contributed by atoms with Crippen molar-refractivity contribution < 1.29 is 24.2 Å². The Labute approximate surface area is 182 Å². The summed E-state index contributed by atoms with van der Waals surface area (Å²) < 4.78 is 5.19. The van der Waals surface area contributed by atoms with Crippen LogP contribution in [-0.4, -0.2) is 47.7 Å². The second kappa shape index (κ2) is 10.2. The maximum atomic E-state index is 13.3. The van der Waals surface area contributed by atoms with Crippen LogP contribution in [0.4, 0.5) is 5.69 Å². The lowest BCUT2D eigenvalue weighted by molar-refractivity contribution is -0.146. The molecular weight excluding hydrogens is 396 g/mol. The predicted molar refractivity (Wildman–Crippen MR) is 117 cm³/mol. The Bertz CT molecular complexity index is 931. The van der Waals surface area contributed by atoms with Gasteiger partial charge in [-0.05, 0) is 43.9 Å². The minimum atomic E-state index is -1.05. The van der Waals surface area contributed by atoms with E-state index in [1.165, 1.54) is 4.90 Å². The highest BCUT2D eigenvalue weighted by atomic mass is 16.5. The lowest BCUT2D eigenvalue weighted by Crippen LogP contribution is -2.54. The number of para-hydroxylation sites is 1. The van der Waals surface area contributed by atoms with Crippen molar-refractivity contribution >= 4 is 23.5 Å². The number of nitrogens with one attached hydrogen (secondary N) is 1. The van der Waals surface area contributed by atoms with E-state index < -0.39 is 30.1 Å². The first-order valence-corrected chi connectivity index (χ1v) is 10.5. The molecule has 3 unspecified atom stereocenters. The molecule has 1 aliphatic rings. The lowest BCUT2D eigenvalue weighted by Gasteiger charge is -2.28. The molecule has 2 N–H and O–H groups in total. The smallest absolute Gasteiger partial charge is 0.327 e. The number of aryl methyl sites for hydroxylation is 1. The summed E-state index contributed by atoms with van der Waals surface area (Å²) in [6, 6.07) is 14.5. The number of ether oxygens (including phenoxy) is 1. The van der Waals surface area contributed by atoms with Gasteiger partial charge in [-0.1, -0.05) is 48.5 Å². The quantitative estimate of drug-likeness (QED) is 0.601. The van der Waals surface area contributed by atoms with Crippen LogP contribution >= 0.6 is 0 Å². The Hall–Kier alpha value is -3.19. The van der Waals surface area contributed by atoms with E-state index in [9.17, 15) is 19.5 Å². The summed E-state index contributed by atoms with van der Waals surface area (Å²) in [6.07, 6.45) is 1.36. The molecule has 1 amide bonds. The van der Waals surface area contributed by atoms with Gasteiger partial charge in [0.25, 0.3) is 0 Å². The van der Waals surface area contributed by atoms with Crippen LogP contribution in [0.2, 0.25) is 0 Å². The van der Waals surface area contributed by atoms with Crippen molar-refractivity contribution in [3.63, 3.8) is 0 Å². The molecule has 0 spiro atoms. The normalized spacial score (nSPS) is 17.0. The van der Waals surface area contributed by atoms with Crippen LogP contribution in [0.25, 0.3) is 0 Å². The number of carboxylic acid groups (broad SMARTS) is 1. The zero-order valence-corrected chi connectivity index (χ0v) is 17.8. The molecule has 0 saturated carbocycles. The number of hydrogen-bond acceptors (Lipinski definition) is 5. The Morgan fingerprint density at radius 2 is 1.81 bits per heavy atom. The first-order valence-electron chi connectivity index (χ1n) is 10.5. The maximum absolute atomic E-state index is 13.3. The number of aliphatic carboxylic acids is 1. The third kappa shape index (κ3) is 5.30. The number of carbonyl (C=O) groups excluding carboxylic acids is 2. The van der Waals surface area contributed by atoms with Crippen LogP contribution in [-0.2, 0) is 32.0 Å². The maximum Gasteiger partial charge on any atom is 0.327 e. The van der Waals surface area contributed by atoms with Crippen LogP contribution in [0.5, 0.6) is 0 Å². The Balaban J connectivity index is 1.75. The first kappa shape index (κ1) is 22.5. The fourth-order valence-corrected chi connectivity index (χ4v) is 3.91. The van der Waals surface area contributed by atoms with E-state index >= 15 is 0 Å². The molecule has 3 atom stereocenters. The van der Waals surface area contributed by atoms with E-state index in [1.807, 2.05) is 42.5 Å². The van der Waals surface area contributed by atoms with Crippen LogP contribution in [0.3, 0.4) is 0 Å². The van der Waals surface area contributed by atoms with Gasteiger partial charge in [-0.2, -0.15) is 0 Å². The Morgan fingerprint density at radius 1 is 1.13 bits per heavy atom. The van der Waals surface area contributed by atoms with Gasteiger partial charge in [-0.15, -0.1) is 0 Å². The molecule has 0 radical (unpaired) electrons. The molecule has 7 nitrogen and oxygen atoms in total. The zero-order valence-electron chi connectivity index (χ0n) is 17.8. The molecule has 2 aromatic carbocycles. The standard InChI is InChI=1S/C24H28N2O5/c1-3-31-24(30)19(14-13-17-9-5-4-6-10-17)25-16(2)22(27)26-20-12-8-7-11-18(20)15-21(26)23(28)29/h4-12,16,19,21,25H,3,13-15H2,1-2H3,(H,28,29). The average Bonchev–Trinajstić information content (AvgIpc) is 3.16. The van der Waals surface area contributed by atoms with Crippen molar-refractivity contribution in [2.45, 2.75) is 51.2 Å².